The Morgan fingerprint density at radius 1 is 0.583 bits per heavy atom. The van der Waals surface area contributed by atoms with Crippen LogP contribution in [0.2, 0.25) is 0 Å². The van der Waals surface area contributed by atoms with E-state index in [9.17, 15) is 0 Å². The molecule has 8 fully saturated rings. The molecular formula is C24H32. The van der Waals surface area contributed by atoms with E-state index in [1.54, 1.807) is 19.3 Å². The van der Waals surface area contributed by atoms with Gasteiger partial charge < -0.3 is 0 Å². The smallest absolute Gasteiger partial charge is 0.0326 e. The van der Waals surface area contributed by atoms with Gasteiger partial charge in [0.2, 0.25) is 0 Å². The van der Waals surface area contributed by atoms with Crippen LogP contribution in [0.4, 0.5) is 0 Å². The second-order valence-corrected chi connectivity index (χ2v) is 11.1. The average Bonchev–Trinajstić information content (AvgIpc) is 2.49. The van der Waals surface area contributed by atoms with E-state index in [0.29, 0.717) is 10.8 Å². The van der Waals surface area contributed by atoms with Crippen molar-refractivity contribution in [2.24, 2.45) is 46.3 Å². The van der Waals surface area contributed by atoms with Crippen molar-refractivity contribution in [2.75, 3.05) is 0 Å². The summed E-state index contributed by atoms with van der Waals surface area (Å²) in [5.41, 5.74) is 0.992. The van der Waals surface area contributed by atoms with Crippen molar-refractivity contribution in [2.45, 2.75) is 77.0 Å². The lowest BCUT2D eigenvalue weighted by Gasteiger charge is -2.55. The lowest BCUT2D eigenvalue weighted by Crippen LogP contribution is -2.45. The molecule has 0 heterocycles. The summed E-state index contributed by atoms with van der Waals surface area (Å²) in [7, 11) is 0. The van der Waals surface area contributed by atoms with Crippen LogP contribution in [0, 0.1) is 58.2 Å². The molecule has 0 spiro atoms. The SMILES string of the molecule is C(#CC12CC3CC(CC(C3)C1)C2)/C=C/C12CC3CC(CC(C3)C1)C2. The van der Waals surface area contributed by atoms with Crippen molar-refractivity contribution < 1.29 is 0 Å². The molecule has 8 rings (SSSR count). The van der Waals surface area contributed by atoms with Gasteiger partial charge in [-0.25, -0.2) is 0 Å². The largest absolute Gasteiger partial charge is 0.0917 e. The molecule has 0 aliphatic heterocycles. The summed E-state index contributed by atoms with van der Waals surface area (Å²) >= 11 is 0. The number of allylic oxidation sites excluding steroid dienone is 2. The first-order valence-corrected chi connectivity index (χ1v) is 10.9. The highest BCUT2D eigenvalue weighted by molar-refractivity contribution is 5.26. The minimum atomic E-state index is 0.431. The Kier molecular flexibility index (Phi) is 2.97. The average molecular weight is 321 g/mol. The highest BCUT2D eigenvalue weighted by Gasteiger charge is 2.51. The first-order chi connectivity index (χ1) is 11.7. The van der Waals surface area contributed by atoms with Crippen LogP contribution in [0.1, 0.15) is 77.0 Å². The van der Waals surface area contributed by atoms with Gasteiger partial charge in [-0.15, -0.1) is 0 Å². The van der Waals surface area contributed by atoms with E-state index in [2.05, 4.69) is 24.0 Å². The van der Waals surface area contributed by atoms with E-state index in [1.165, 1.54) is 57.8 Å². The zero-order valence-corrected chi connectivity index (χ0v) is 15.1. The quantitative estimate of drug-likeness (QED) is 0.521. The first kappa shape index (κ1) is 14.5. The van der Waals surface area contributed by atoms with E-state index >= 15 is 0 Å². The lowest BCUT2D eigenvalue weighted by molar-refractivity contribution is -0.0237. The monoisotopic (exact) mass is 320 g/mol. The maximum atomic E-state index is 3.82. The second-order valence-electron chi connectivity index (χ2n) is 11.1. The highest BCUT2D eigenvalue weighted by atomic mass is 14.5. The van der Waals surface area contributed by atoms with Gasteiger partial charge in [0.05, 0.1) is 0 Å². The van der Waals surface area contributed by atoms with Crippen LogP contribution < -0.4 is 0 Å². The van der Waals surface area contributed by atoms with Crippen molar-refractivity contribution >= 4 is 0 Å². The molecular weight excluding hydrogens is 288 g/mol. The predicted octanol–water partition coefficient (Wildman–Crippen LogP) is 5.98. The van der Waals surface area contributed by atoms with Gasteiger partial charge in [-0.05, 0) is 124 Å². The summed E-state index contributed by atoms with van der Waals surface area (Å²) in [4.78, 5) is 0. The molecule has 0 unspecified atom stereocenters. The standard InChI is InChI=1S/C24H32/c1(3-23-11-17-5-18(12-23)7-19(6-17)13-23)2-4-24-14-20-8-21(15-24)10-22(9-20)16-24/h1,3,17-22H,5-16H2/b3-1+. The second kappa shape index (κ2) is 4.93. The summed E-state index contributed by atoms with van der Waals surface area (Å²) in [5.74, 6) is 13.6. The molecule has 8 aliphatic carbocycles. The van der Waals surface area contributed by atoms with Crippen molar-refractivity contribution in [3.63, 3.8) is 0 Å². The van der Waals surface area contributed by atoms with Gasteiger partial charge >= 0.3 is 0 Å². The molecule has 0 radical (unpaired) electrons. The maximum absolute atomic E-state index is 3.82. The van der Waals surface area contributed by atoms with Crippen LogP contribution in [-0.2, 0) is 0 Å². The fourth-order valence-electron chi connectivity index (χ4n) is 9.06. The maximum Gasteiger partial charge on any atom is 0.0326 e. The van der Waals surface area contributed by atoms with Crippen LogP contribution in [0.3, 0.4) is 0 Å². The van der Waals surface area contributed by atoms with Gasteiger partial charge in [0, 0.05) is 5.41 Å². The fraction of sp³-hybridized carbons (Fsp3) is 0.833. The first-order valence-electron chi connectivity index (χ1n) is 10.9. The molecule has 8 aliphatic rings. The highest BCUT2D eigenvalue weighted by Crippen LogP contribution is 2.61. The van der Waals surface area contributed by atoms with Gasteiger partial charge in [0.25, 0.3) is 0 Å². The van der Waals surface area contributed by atoms with Gasteiger partial charge in [-0.2, -0.15) is 0 Å². The molecule has 0 heteroatoms. The lowest BCUT2D eigenvalue weighted by atomic mass is 9.49. The van der Waals surface area contributed by atoms with Crippen molar-refractivity contribution in [1.82, 2.24) is 0 Å². The van der Waals surface area contributed by atoms with Crippen molar-refractivity contribution in [3.8, 4) is 11.8 Å². The Hall–Kier alpha value is -0.700. The van der Waals surface area contributed by atoms with Crippen molar-refractivity contribution in [3.05, 3.63) is 12.2 Å². The Morgan fingerprint density at radius 2 is 1.00 bits per heavy atom. The van der Waals surface area contributed by atoms with Gasteiger partial charge in [0.1, 0.15) is 0 Å². The number of hydrogen-bond donors (Lipinski definition) is 0. The topological polar surface area (TPSA) is 0 Å². The molecule has 0 atom stereocenters. The zero-order chi connectivity index (χ0) is 15.8. The Balaban J connectivity index is 1.20. The molecule has 0 nitrogen and oxygen atoms in total. The Morgan fingerprint density at radius 3 is 1.46 bits per heavy atom. The van der Waals surface area contributed by atoms with Crippen LogP contribution in [0.5, 0.6) is 0 Å². The number of rotatable bonds is 1. The molecule has 128 valence electrons. The molecule has 8 saturated carbocycles. The summed E-state index contributed by atoms with van der Waals surface area (Å²) in [6.07, 6.45) is 22.9. The third-order valence-corrected chi connectivity index (χ3v) is 8.98. The summed E-state index contributed by atoms with van der Waals surface area (Å²) in [6.45, 7) is 0. The van der Waals surface area contributed by atoms with Crippen LogP contribution in [-0.4, -0.2) is 0 Å². The summed E-state index contributed by atoms with van der Waals surface area (Å²) in [6, 6.07) is 0. The van der Waals surface area contributed by atoms with E-state index < -0.39 is 0 Å². The molecule has 24 heavy (non-hydrogen) atoms. The predicted molar refractivity (Wildman–Crippen MR) is 98.1 cm³/mol. The van der Waals surface area contributed by atoms with Gasteiger partial charge in [-0.3, -0.25) is 0 Å². The van der Waals surface area contributed by atoms with E-state index in [1.807, 2.05) is 0 Å². The number of hydrogen-bond acceptors (Lipinski definition) is 0. The molecule has 8 bridgehead atoms. The zero-order valence-electron chi connectivity index (χ0n) is 15.1. The van der Waals surface area contributed by atoms with Gasteiger partial charge in [-0.1, -0.05) is 17.9 Å². The minimum absolute atomic E-state index is 0.431. The fourth-order valence-corrected chi connectivity index (χ4v) is 9.06. The van der Waals surface area contributed by atoms with Crippen LogP contribution >= 0.6 is 0 Å². The molecule has 0 N–H and O–H groups in total. The van der Waals surface area contributed by atoms with Crippen molar-refractivity contribution in [1.29, 1.82) is 0 Å². The summed E-state index contributed by atoms with van der Waals surface area (Å²) in [5, 5.41) is 0. The van der Waals surface area contributed by atoms with E-state index in [-0.39, 0.29) is 0 Å². The molecule has 0 aromatic rings. The van der Waals surface area contributed by atoms with Crippen LogP contribution in [0.25, 0.3) is 0 Å². The molecule has 0 aromatic heterocycles. The summed E-state index contributed by atoms with van der Waals surface area (Å²) < 4.78 is 0. The van der Waals surface area contributed by atoms with Crippen LogP contribution in [0.15, 0.2) is 12.2 Å². The minimum Gasteiger partial charge on any atom is -0.0917 e. The van der Waals surface area contributed by atoms with E-state index in [0.717, 1.165) is 35.5 Å². The normalized spacial score (nSPS) is 56.7. The third-order valence-electron chi connectivity index (χ3n) is 8.98. The Labute approximate surface area is 147 Å². The third kappa shape index (κ3) is 2.26. The van der Waals surface area contributed by atoms with Gasteiger partial charge in [0.15, 0.2) is 0 Å². The molecule has 0 aromatic carbocycles. The Bertz CT molecular complexity index is 554. The molecule has 0 saturated heterocycles. The van der Waals surface area contributed by atoms with E-state index in [4.69, 9.17) is 0 Å². The molecule has 0 amide bonds.